The van der Waals surface area contributed by atoms with Gasteiger partial charge in [0.15, 0.2) is 0 Å². The van der Waals surface area contributed by atoms with Crippen LogP contribution in [0.4, 0.5) is 13.2 Å². The van der Waals surface area contributed by atoms with E-state index in [0.717, 1.165) is 18.2 Å². The van der Waals surface area contributed by atoms with Crippen molar-refractivity contribution in [2.75, 3.05) is 13.1 Å². The van der Waals surface area contributed by atoms with Crippen molar-refractivity contribution in [2.45, 2.75) is 6.92 Å². The summed E-state index contributed by atoms with van der Waals surface area (Å²) in [6, 6.07) is 7.16. The average Bonchev–Trinajstić information content (AvgIpc) is 3.08. The van der Waals surface area contributed by atoms with Crippen molar-refractivity contribution in [2.24, 2.45) is 7.05 Å². The van der Waals surface area contributed by atoms with Crippen LogP contribution >= 0.6 is 0 Å². The first-order chi connectivity index (χ1) is 14.3. The lowest BCUT2D eigenvalue weighted by atomic mass is 10.1. The normalized spacial score (nSPS) is 10.7. The van der Waals surface area contributed by atoms with E-state index in [2.05, 4.69) is 15.7 Å². The van der Waals surface area contributed by atoms with E-state index < -0.39 is 29.3 Å². The summed E-state index contributed by atoms with van der Waals surface area (Å²) in [5, 5.41) is 9.27. The van der Waals surface area contributed by atoms with Crippen LogP contribution in [0.3, 0.4) is 0 Å². The Bertz CT molecular complexity index is 1110. The molecule has 0 fully saturated rings. The molecule has 156 valence electrons. The molecule has 0 atom stereocenters. The summed E-state index contributed by atoms with van der Waals surface area (Å²) in [7, 11) is 1.57. The Kier molecular flexibility index (Phi) is 6.20. The van der Waals surface area contributed by atoms with Crippen LogP contribution in [0, 0.1) is 24.4 Å². The Morgan fingerprint density at radius 1 is 0.967 bits per heavy atom. The zero-order valence-corrected chi connectivity index (χ0v) is 16.3. The predicted octanol–water partition coefficient (Wildman–Crippen LogP) is 2.97. The second-order valence-corrected chi connectivity index (χ2v) is 6.66. The maximum Gasteiger partial charge on any atom is 0.255 e. The number of nitrogens with one attached hydrogen (secondary N) is 2. The zero-order chi connectivity index (χ0) is 21.8. The number of aromatic nitrogens is 2. The molecule has 0 saturated heterocycles. The molecule has 3 rings (SSSR count). The molecule has 0 radical (unpaired) electrons. The van der Waals surface area contributed by atoms with Gasteiger partial charge in [-0.05, 0) is 36.8 Å². The zero-order valence-electron chi connectivity index (χ0n) is 16.3. The molecule has 0 saturated carbocycles. The van der Waals surface area contributed by atoms with E-state index in [-0.39, 0.29) is 35.5 Å². The third kappa shape index (κ3) is 4.68. The van der Waals surface area contributed by atoms with E-state index >= 15 is 0 Å². The lowest BCUT2D eigenvalue weighted by Gasteiger charge is -2.08. The smallest absolute Gasteiger partial charge is 0.255 e. The van der Waals surface area contributed by atoms with Crippen molar-refractivity contribution in [1.82, 2.24) is 20.4 Å². The minimum absolute atomic E-state index is 0.00292. The fraction of sp³-hybridized carbons (Fsp3) is 0.190. The number of carbonyl (C=O) groups excluding carboxylic acids is 2. The maximum absolute atomic E-state index is 14.1. The number of benzene rings is 2. The van der Waals surface area contributed by atoms with Gasteiger partial charge in [-0.3, -0.25) is 14.3 Å². The number of nitrogens with zero attached hydrogens (tertiary/aromatic N) is 2. The molecule has 9 heteroatoms. The molecule has 6 nitrogen and oxygen atoms in total. The maximum atomic E-state index is 14.1. The summed E-state index contributed by atoms with van der Waals surface area (Å²) < 4.78 is 42.2. The molecule has 3 aromatic rings. The first-order valence-electron chi connectivity index (χ1n) is 9.08. The van der Waals surface area contributed by atoms with Crippen molar-refractivity contribution in [3.8, 4) is 11.3 Å². The number of aryl methyl sites for hydroxylation is 2. The second-order valence-electron chi connectivity index (χ2n) is 6.66. The highest BCUT2D eigenvalue weighted by molar-refractivity contribution is 6.00. The molecular weight excluding hydrogens is 397 g/mol. The molecule has 2 amide bonds. The van der Waals surface area contributed by atoms with E-state index in [9.17, 15) is 22.8 Å². The topological polar surface area (TPSA) is 76.0 Å². The van der Waals surface area contributed by atoms with Crippen LogP contribution in [0.5, 0.6) is 0 Å². The van der Waals surface area contributed by atoms with E-state index in [4.69, 9.17) is 0 Å². The molecule has 0 unspecified atom stereocenters. The van der Waals surface area contributed by atoms with Crippen LogP contribution in [0.25, 0.3) is 11.3 Å². The molecule has 0 aliphatic heterocycles. The number of rotatable bonds is 6. The minimum atomic E-state index is -0.833. The predicted molar refractivity (Wildman–Crippen MR) is 104 cm³/mol. The number of amides is 2. The van der Waals surface area contributed by atoms with Crippen LogP contribution in [0.15, 0.2) is 42.6 Å². The van der Waals surface area contributed by atoms with Crippen molar-refractivity contribution < 1.29 is 22.8 Å². The quantitative estimate of drug-likeness (QED) is 0.607. The Morgan fingerprint density at radius 2 is 1.67 bits per heavy atom. The van der Waals surface area contributed by atoms with E-state index in [0.29, 0.717) is 5.56 Å². The van der Waals surface area contributed by atoms with E-state index in [1.807, 2.05) is 0 Å². The van der Waals surface area contributed by atoms with Gasteiger partial charge < -0.3 is 10.6 Å². The van der Waals surface area contributed by atoms with E-state index in [1.165, 1.54) is 29.1 Å². The second kappa shape index (κ2) is 8.81. The highest BCUT2D eigenvalue weighted by Gasteiger charge is 2.20. The lowest BCUT2D eigenvalue weighted by molar-refractivity contribution is 0.0927. The monoisotopic (exact) mass is 416 g/mol. The van der Waals surface area contributed by atoms with Gasteiger partial charge in [-0.25, -0.2) is 13.2 Å². The summed E-state index contributed by atoms with van der Waals surface area (Å²) in [4.78, 5) is 24.6. The van der Waals surface area contributed by atoms with Gasteiger partial charge in [-0.2, -0.15) is 5.10 Å². The minimum Gasteiger partial charge on any atom is -0.350 e. The van der Waals surface area contributed by atoms with Crippen LogP contribution in [0.1, 0.15) is 26.3 Å². The van der Waals surface area contributed by atoms with Gasteiger partial charge in [0.25, 0.3) is 11.8 Å². The van der Waals surface area contributed by atoms with Crippen LogP contribution < -0.4 is 10.6 Å². The van der Waals surface area contributed by atoms with Gasteiger partial charge in [0.1, 0.15) is 23.1 Å². The van der Waals surface area contributed by atoms with Gasteiger partial charge >= 0.3 is 0 Å². The first kappa shape index (κ1) is 21.1. The molecule has 0 bridgehead atoms. The molecule has 0 aliphatic carbocycles. The summed E-state index contributed by atoms with van der Waals surface area (Å²) in [5.41, 5.74) is 0.785. The molecule has 1 heterocycles. The Labute approximate surface area is 170 Å². The van der Waals surface area contributed by atoms with Gasteiger partial charge in [0.2, 0.25) is 0 Å². The van der Waals surface area contributed by atoms with Gasteiger partial charge in [0, 0.05) is 43.5 Å². The standard InChI is InChI=1S/C21H19F3N4O2/c1-12-3-4-13(9-17(12)23)20(29)25-7-8-26-21(30)16-11-28(2)27-19(16)15-6-5-14(22)10-18(15)24/h3-6,9-11H,7-8H2,1-2H3,(H,25,29)(H,26,30). The van der Waals surface area contributed by atoms with Crippen LogP contribution in [-0.2, 0) is 7.05 Å². The number of carbonyl (C=O) groups is 2. The third-order valence-corrected chi connectivity index (χ3v) is 4.39. The molecular formula is C21H19F3N4O2. The van der Waals surface area contributed by atoms with E-state index in [1.54, 1.807) is 14.0 Å². The van der Waals surface area contributed by atoms with Gasteiger partial charge in [0.05, 0.1) is 5.56 Å². The van der Waals surface area contributed by atoms with Crippen molar-refractivity contribution in [3.63, 3.8) is 0 Å². The SMILES string of the molecule is Cc1ccc(C(=O)NCCNC(=O)c2cn(C)nc2-c2ccc(F)cc2F)cc1F. The van der Waals surface area contributed by atoms with Gasteiger partial charge in [-0.15, -0.1) is 0 Å². The molecule has 0 aliphatic rings. The fourth-order valence-corrected chi connectivity index (χ4v) is 2.82. The van der Waals surface area contributed by atoms with Crippen molar-refractivity contribution >= 4 is 11.8 Å². The fourth-order valence-electron chi connectivity index (χ4n) is 2.82. The summed E-state index contributed by atoms with van der Waals surface area (Å²) >= 11 is 0. The molecule has 30 heavy (non-hydrogen) atoms. The highest BCUT2D eigenvalue weighted by Crippen LogP contribution is 2.25. The lowest BCUT2D eigenvalue weighted by Crippen LogP contribution is -2.34. The number of hydrogen-bond acceptors (Lipinski definition) is 3. The number of halogens is 3. The molecule has 0 spiro atoms. The summed E-state index contributed by atoms with van der Waals surface area (Å²) in [5.74, 6) is -3.05. The van der Waals surface area contributed by atoms with Crippen molar-refractivity contribution in [3.05, 3.63) is 76.7 Å². The Morgan fingerprint density at radius 3 is 2.33 bits per heavy atom. The Balaban J connectivity index is 1.62. The third-order valence-electron chi connectivity index (χ3n) is 4.39. The molecule has 1 aromatic heterocycles. The summed E-state index contributed by atoms with van der Waals surface area (Å²) in [6.07, 6.45) is 1.42. The number of hydrogen-bond donors (Lipinski definition) is 2. The largest absolute Gasteiger partial charge is 0.350 e. The average molecular weight is 416 g/mol. The van der Waals surface area contributed by atoms with Crippen molar-refractivity contribution in [1.29, 1.82) is 0 Å². The first-order valence-corrected chi connectivity index (χ1v) is 9.08. The Hall–Kier alpha value is -3.62. The molecule has 2 N–H and O–H groups in total. The van der Waals surface area contributed by atoms with Crippen LogP contribution in [0.2, 0.25) is 0 Å². The molecule has 2 aromatic carbocycles. The van der Waals surface area contributed by atoms with Gasteiger partial charge in [-0.1, -0.05) is 6.07 Å². The summed E-state index contributed by atoms with van der Waals surface area (Å²) in [6.45, 7) is 1.77. The van der Waals surface area contributed by atoms with Crippen LogP contribution in [-0.4, -0.2) is 34.7 Å². The highest BCUT2D eigenvalue weighted by atomic mass is 19.1.